The van der Waals surface area contributed by atoms with Crippen LogP contribution in [-0.4, -0.2) is 17.8 Å². The maximum Gasteiger partial charge on any atom is 0.0793 e. The summed E-state index contributed by atoms with van der Waals surface area (Å²) in [6.45, 7) is 14.7. The normalized spacial score (nSPS) is 10.8. The van der Waals surface area contributed by atoms with Crippen molar-refractivity contribution in [1.29, 1.82) is 0 Å². The summed E-state index contributed by atoms with van der Waals surface area (Å²) in [5.74, 6) is 0. The van der Waals surface area contributed by atoms with Crippen molar-refractivity contribution < 1.29 is 0 Å². The first-order valence-electron chi connectivity index (χ1n) is 4.50. The average molecular weight is 183 g/mol. The quantitative estimate of drug-likeness (QED) is 0.515. The van der Waals surface area contributed by atoms with E-state index in [1.54, 1.807) is 0 Å². The Morgan fingerprint density at radius 2 is 1.85 bits per heavy atom. The van der Waals surface area contributed by atoms with Crippen LogP contribution < -0.4 is 10.9 Å². The van der Waals surface area contributed by atoms with Crippen molar-refractivity contribution in [3.8, 4) is 0 Å². The molecule has 0 aromatic heterocycles. The average Bonchev–Trinajstić information content (AvgIpc) is 1.95. The van der Waals surface area contributed by atoms with E-state index in [0.717, 1.165) is 11.4 Å². The van der Waals surface area contributed by atoms with E-state index in [1.807, 2.05) is 13.8 Å². The Kier molecular flexibility index (Phi) is 4.70. The molecule has 0 aromatic carbocycles. The van der Waals surface area contributed by atoms with Crippen LogP contribution in [0.25, 0.3) is 0 Å². The van der Waals surface area contributed by atoms with Crippen LogP contribution in [0.15, 0.2) is 17.3 Å². The number of nitrogens with zero attached hydrogens (tertiary/aromatic N) is 1. The fourth-order valence-corrected chi connectivity index (χ4v) is 0.569. The predicted octanol–water partition coefficient (Wildman–Crippen LogP) is 1.87. The smallest absolute Gasteiger partial charge is 0.0793 e. The molecule has 0 aliphatic heterocycles. The number of hydrazine groups is 1. The standard InChI is InChI=1S/C10H21N3/c1-8(2)11-7-9(3)12-13-10(4,5)6/h12-13H,3,7H2,1-2,4-6H3. The van der Waals surface area contributed by atoms with Crippen LogP contribution in [0.4, 0.5) is 0 Å². The van der Waals surface area contributed by atoms with Gasteiger partial charge in [-0.05, 0) is 34.6 Å². The van der Waals surface area contributed by atoms with Gasteiger partial charge in [-0.3, -0.25) is 4.99 Å². The van der Waals surface area contributed by atoms with Crippen molar-refractivity contribution in [3.63, 3.8) is 0 Å². The van der Waals surface area contributed by atoms with Crippen LogP contribution in [0.5, 0.6) is 0 Å². The second-order valence-corrected chi connectivity index (χ2v) is 4.37. The maximum absolute atomic E-state index is 4.24. The lowest BCUT2D eigenvalue weighted by Crippen LogP contribution is -2.45. The lowest BCUT2D eigenvalue weighted by atomic mass is 10.1. The van der Waals surface area contributed by atoms with Crippen molar-refractivity contribution in [1.82, 2.24) is 10.9 Å². The molecule has 0 aliphatic rings. The monoisotopic (exact) mass is 183 g/mol. The van der Waals surface area contributed by atoms with E-state index in [9.17, 15) is 0 Å². The first-order chi connectivity index (χ1) is 5.81. The van der Waals surface area contributed by atoms with Crippen molar-refractivity contribution >= 4 is 5.71 Å². The number of nitrogens with one attached hydrogen (secondary N) is 2. The summed E-state index contributed by atoms with van der Waals surface area (Å²) in [6.07, 6.45) is 0. The molecule has 0 saturated carbocycles. The van der Waals surface area contributed by atoms with Gasteiger partial charge in [-0.25, -0.2) is 5.43 Å². The molecule has 0 rings (SSSR count). The minimum absolute atomic E-state index is 0.0495. The molecule has 0 atom stereocenters. The van der Waals surface area contributed by atoms with E-state index in [0.29, 0.717) is 6.54 Å². The molecule has 2 N–H and O–H groups in total. The zero-order chi connectivity index (χ0) is 10.5. The fraction of sp³-hybridized carbons (Fsp3) is 0.700. The van der Waals surface area contributed by atoms with E-state index >= 15 is 0 Å². The first kappa shape index (κ1) is 12.2. The summed E-state index contributed by atoms with van der Waals surface area (Å²) in [7, 11) is 0. The van der Waals surface area contributed by atoms with Crippen molar-refractivity contribution in [3.05, 3.63) is 12.3 Å². The lowest BCUT2D eigenvalue weighted by molar-refractivity contribution is 0.382. The van der Waals surface area contributed by atoms with Crippen LogP contribution >= 0.6 is 0 Å². The maximum atomic E-state index is 4.24. The summed E-state index contributed by atoms with van der Waals surface area (Å²) in [5.41, 5.74) is 8.16. The molecule has 0 radical (unpaired) electrons. The summed E-state index contributed by atoms with van der Waals surface area (Å²) in [6, 6.07) is 0. The molecule has 76 valence electrons. The van der Waals surface area contributed by atoms with Gasteiger partial charge in [-0.1, -0.05) is 6.58 Å². The lowest BCUT2D eigenvalue weighted by Gasteiger charge is -2.22. The van der Waals surface area contributed by atoms with Gasteiger partial charge in [0, 0.05) is 16.9 Å². The van der Waals surface area contributed by atoms with Crippen LogP contribution in [0.3, 0.4) is 0 Å². The van der Waals surface area contributed by atoms with Crippen LogP contribution in [0, 0.1) is 0 Å². The summed E-state index contributed by atoms with van der Waals surface area (Å²) >= 11 is 0. The molecule has 3 heteroatoms. The van der Waals surface area contributed by atoms with Crippen molar-refractivity contribution in [2.75, 3.05) is 6.54 Å². The van der Waals surface area contributed by atoms with Gasteiger partial charge in [0.2, 0.25) is 0 Å². The zero-order valence-corrected chi connectivity index (χ0v) is 9.36. The molecule has 3 nitrogen and oxygen atoms in total. The summed E-state index contributed by atoms with van der Waals surface area (Å²) in [4.78, 5) is 4.24. The topological polar surface area (TPSA) is 36.4 Å². The van der Waals surface area contributed by atoms with Gasteiger partial charge >= 0.3 is 0 Å². The van der Waals surface area contributed by atoms with Crippen LogP contribution in [-0.2, 0) is 0 Å². The summed E-state index contributed by atoms with van der Waals surface area (Å²) in [5, 5.41) is 0. The Balaban J connectivity index is 3.71. The van der Waals surface area contributed by atoms with E-state index < -0.39 is 0 Å². The number of aliphatic imine (C=N–C) groups is 1. The Labute approximate surface area is 81.3 Å². The Morgan fingerprint density at radius 3 is 2.23 bits per heavy atom. The highest BCUT2D eigenvalue weighted by molar-refractivity contribution is 5.79. The van der Waals surface area contributed by atoms with Gasteiger partial charge in [0.1, 0.15) is 0 Å². The highest BCUT2D eigenvalue weighted by atomic mass is 15.4. The Morgan fingerprint density at radius 1 is 1.31 bits per heavy atom. The molecule has 0 spiro atoms. The third-order valence-corrected chi connectivity index (χ3v) is 1.20. The number of hydrogen-bond donors (Lipinski definition) is 2. The second kappa shape index (κ2) is 5.02. The molecule has 0 bridgehead atoms. The SMILES string of the molecule is C=C(CN=C(C)C)NNC(C)(C)C. The highest BCUT2D eigenvalue weighted by Crippen LogP contribution is 1.96. The zero-order valence-electron chi connectivity index (χ0n) is 9.36. The molecule has 0 fully saturated rings. The minimum Gasteiger partial charge on any atom is -0.324 e. The largest absolute Gasteiger partial charge is 0.324 e. The van der Waals surface area contributed by atoms with Crippen molar-refractivity contribution in [2.45, 2.75) is 40.2 Å². The molecule has 0 aromatic rings. The molecular weight excluding hydrogens is 162 g/mol. The molecule has 0 unspecified atom stereocenters. The van der Waals surface area contributed by atoms with Gasteiger partial charge in [0.05, 0.1) is 6.54 Å². The van der Waals surface area contributed by atoms with Crippen LogP contribution in [0.1, 0.15) is 34.6 Å². The summed E-state index contributed by atoms with van der Waals surface area (Å²) < 4.78 is 0. The second-order valence-electron chi connectivity index (χ2n) is 4.37. The number of rotatable bonds is 4. The number of hydrogen-bond acceptors (Lipinski definition) is 3. The first-order valence-corrected chi connectivity index (χ1v) is 4.50. The van der Waals surface area contributed by atoms with Gasteiger partial charge in [-0.15, -0.1) is 0 Å². The molecule has 0 amide bonds. The van der Waals surface area contributed by atoms with Gasteiger partial charge in [-0.2, -0.15) is 0 Å². The molecule has 0 saturated heterocycles. The van der Waals surface area contributed by atoms with E-state index in [4.69, 9.17) is 0 Å². The Hall–Kier alpha value is -0.830. The van der Waals surface area contributed by atoms with E-state index in [-0.39, 0.29) is 5.54 Å². The molecular formula is C10H21N3. The predicted molar refractivity (Wildman–Crippen MR) is 58.8 cm³/mol. The van der Waals surface area contributed by atoms with Gasteiger partial charge < -0.3 is 5.43 Å². The fourth-order valence-electron chi connectivity index (χ4n) is 0.569. The third kappa shape index (κ3) is 9.08. The third-order valence-electron chi connectivity index (χ3n) is 1.20. The van der Waals surface area contributed by atoms with Gasteiger partial charge in [0.25, 0.3) is 0 Å². The molecule has 0 aliphatic carbocycles. The van der Waals surface area contributed by atoms with Crippen LogP contribution in [0.2, 0.25) is 0 Å². The van der Waals surface area contributed by atoms with Crippen molar-refractivity contribution in [2.24, 2.45) is 4.99 Å². The molecule has 13 heavy (non-hydrogen) atoms. The Bertz CT molecular complexity index is 195. The van der Waals surface area contributed by atoms with E-state index in [2.05, 4.69) is 43.2 Å². The molecule has 0 heterocycles. The highest BCUT2D eigenvalue weighted by Gasteiger charge is 2.07. The van der Waals surface area contributed by atoms with E-state index in [1.165, 1.54) is 0 Å². The minimum atomic E-state index is 0.0495. The van der Waals surface area contributed by atoms with Gasteiger partial charge in [0.15, 0.2) is 0 Å².